The summed E-state index contributed by atoms with van der Waals surface area (Å²) in [6.07, 6.45) is 6.49. The highest BCUT2D eigenvalue weighted by Crippen LogP contribution is 2.23. The summed E-state index contributed by atoms with van der Waals surface area (Å²) in [5.74, 6) is 2.01. The van der Waals surface area contributed by atoms with Gasteiger partial charge in [-0.05, 0) is 31.0 Å². The summed E-state index contributed by atoms with van der Waals surface area (Å²) in [6.45, 7) is 3.46. The third-order valence-electron chi connectivity index (χ3n) is 4.13. The Balaban J connectivity index is 1.70. The predicted molar refractivity (Wildman–Crippen MR) is 90.8 cm³/mol. The zero-order valence-electron chi connectivity index (χ0n) is 13.9. The van der Waals surface area contributed by atoms with Crippen molar-refractivity contribution in [2.75, 3.05) is 37.5 Å². The molecule has 2 aromatic rings. The van der Waals surface area contributed by atoms with Gasteiger partial charge in [0.05, 0.1) is 19.3 Å². The van der Waals surface area contributed by atoms with Crippen LogP contribution in [0.3, 0.4) is 0 Å². The average Bonchev–Trinajstić information content (AvgIpc) is 2.97. The molecule has 0 spiro atoms. The van der Waals surface area contributed by atoms with E-state index in [0.29, 0.717) is 18.5 Å². The Labute approximate surface area is 136 Å². The molecule has 2 atom stereocenters. The molecule has 1 aliphatic heterocycles. The fourth-order valence-electron chi connectivity index (χ4n) is 2.90. The first kappa shape index (κ1) is 15.7. The monoisotopic (exact) mass is 313 g/mol. The molecule has 0 bridgehead atoms. The van der Waals surface area contributed by atoms with Gasteiger partial charge in [-0.2, -0.15) is 4.98 Å². The van der Waals surface area contributed by atoms with E-state index in [0.717, 1.165) is 24.4 Å². The van der Waals surface area contributed by atoms with Crippen LogP contribution >= 0.6 is 0 Å². The van der Waals surface area contributed by atoms with Crippen molar-refractivity contribution in [1.29, 1.82) is 0 Å². The van der Waals surface area contributed by atoms with Gasteiger partial charge in [0.15, 0.2) is 0 Å². The number of aromatic nitrogens is 3. The Morgan fingerprint density at radius 1 is 1.26 bits per heavy atom. The maximum atomic E-state index is 5.67. The van der Waals surface area contributed by atoms with Crippen molar-refractivity contribution >= 4 is 11.8 Å². The lowest BCUT2D eigenvalue weighted by atomic mass is 9.95. The largest absolute Gasteiger partial charge is 0.379 e. The molecule has 1 N–H and O–H groups in total. The van der Waals surface area contributed by atoms with Gasteiger partial charge in [0, 0.05) is 44.2 Å². The van der Waals surface area contributed by atoms with Gasteiger partial charge in [-0.3, -0.25) is 4.98 Å². The number of rotatable bonds is 5. The van der Waals surface area contributed by atoms with Crippen LogP contribution in [-0.4, -0.2) is 48.3 Å². The molecular formula is C17H23N5O. The van der Waals surface area contributed by atoms with E-state index in [1.54, 1.807) is 0 Å². The highest BCUT2D eigenvalue weighted by atomic mass is 16.5. The van der Waals surface area contributed by atoms with Crippen molar-refractivity contribution < 1.29 is 4.74 Å². The number of ether oxygens (including phenoxy) is 1. The molecule has 23 heavy (non-hydrogen) atoms. The number of nitrogens with one attached hydrogen (secondary N) is 1. The number of hydrogen-bond donors (Lipinski definition) is 1. The number of anilines is 2. The Hall–Kier alpha value is -2.21. The van der Waals surface area contributed by atoms with E-state index in [9.17, 15) is 0 Å². The van der Waals surface area contributed by atoms with E-state index < -0.39 is 0 Å². The fourth-order valence-corrected chi connectivity index (χ4v) is 2.90. The minimum absolute atomic E-state index is 0.223. The minimum atomic E-state index is 0.223. The van der Waals surface area contributed by atoms with E-state index in [2.05, 4.69) is 32.4 Å². The summed E-state index contributed by atoms with van der Waals surface area (Å²) in [7, 11) is 3.98. The topological polar surface area (TPSA) is 63.2 Å². The third-order valence-corrected chi connectivity index (χ3v) is 4.13. The third kappa shape index (κ3) is 3.76. The lowest BCUT2D eigenvalue weighted by molar-refractivity contribution is 0.185. The summed E-state index contributed by atoms with van der Waals surface area (Å²) in [5, 5.41) is 3.44. The lowest BCUT2D eigenvalue weighted by Gasteiger charge is -2.21. The molecule has 1 aliphatic rings. The second-order valence-corrected chi connectivity index (χ2v) is 6.20. The first-order valence-electron chi connectivity index (χ1n) is 7.87. The molecule has 2 aromatic heterocycles. The quantitative estimate of drug-likeness (QED) is 0.910. The molecular weight excluding hydrogens is 290 g/mol. The zero-order chi connectivity index (χ0) is 16.2. The van der Waals surface area contributed by atoms with Crippen molar-refractivity contribution in [2.45, 2.75) is 19.4 Å². The van der Waals surface area contributed by atoms with Crippen LogP contribution in [0.1, 0.15) is 11.1 Å². The van der Waals surface area contributed by atoms with Crippen LogP contribution in [0.15, 0.2) is 30.7 Å². The molecule has 6 nitrogen and oxygen atoms in total. The average molecular weight is 313 g/mol. The molecule has 0 aromatic carbocycles. The Bertz CT molecular complexity index is 647. The smallest absolute Gasteiger partial charge is 0.224 e. The Kier molecular flexibility index (Phi) is 4.71. The summed E-state index contributed by atoms with van der Waals surface area (Å²) in [4.78, 5) is 15.1. The van der Waals surface area contributed by atoms with Gasteiger partial charge in [-0.1, -0.05) is 0 Å². The molecule has 0 radical (unpaired) electrons. The van der Waals surface area contributed by atoms with Crippen LogP contribution < -0.4 is 10.2 Å². The standard InChI is InChI=1S/C17H23N5O/c1-12-9-19-17(21-16(12)22(2)3)20-15-11-23-10-14(15)8-13-4-6-18-7-5-13/h4-7,9,14-15H,8,10-11H2,1-3H3,(H,19,20,21)/t14-,15+/m1/s1. The van der Waals surface area contributed by atoms with Crippen LogP contribution in [0.2, 0.25) is 0 Å². The van der Waals surface area contributed by atoms with Gasteiger partial charge in [0.2, 0.25) is 5.95 Å². The van der Waals surface area contributed by atoms with Gasteiger partial charge in [-0.15, -0.1) is 0 Å². The molecule has 0 amide bonds. The van der Waals surface area contributed by atoms with Crippen LogP contribution in [0.25, 0.3) is 0 Å². The molecule has 0 saturated carbocycles. The van der Waals surface area contributed by atoms with Crippen LogP contribution in [0.4, 0.5) is 11.8 Å². The van der Waals surface area contributed by atoms with Gasteiger partial charge >= 0.3 is 0 Å². The first-order chi connectivity index (χ1) is 11.1. The number of pyridine rings is 1. The van der Waals surface area contributed by atoms with Crippen molar-refractivity contribution in [2.24, 2.45) is 5.92 Å². The van der Waals surface area contributed by atoms with Gasteiger partial charge in [0.1, 0.15) is 5.82 Å². The number of nitrogens with zero attached hydrogens (tertiary/aromatic N) is 4. The first-order valence-corrected chi connectivity index (χ1v) is 7.87. The maximum Gasteiger partial charge on any atom is 0.224 e. The van der Waals surface area contributed by atoms with Crippen molar-refractivity contribution in [3.05, 3.63) is 41.9 Å². The summed E-state index contributed by atoms with van der Waals surface area (Å²) >= 11 is 0. The molecule has 6 heteroatoms. The van der Waals surface area contributed by atoms with E-state index in [-0.39, 0.29) is 6.04 Å². The van der Waals surface area contributed by atoms with E-state index in [1.165, 1.54) is 5.56 Å². The molecule has 3 heterocycles. The van der Waals surface area contributed by atoms with Gasteiger partial charge in [-0.25, -0.2) is 4.98 Å². The van der Waals surface area contributed by atoms with E-state index >= 15 is 0 Å². The van der Waals surface area contributed by atoms with Crippen LogP contribution in [0, 0.1) is 12.8 Å². The number of aryl methyl sites for hydroxylation is 1. The van der Waals surface area contributed by atoms with E-state index in [4.69, 9.17) is 4.74 Å². The zero-order valence-corrected chi connectivity index (χ0v) is 13.9. The molecule has 1 fully saturated rings. The Morgan fingerprint density at radius 2 is 2.04 bits per heavy atom. The summed E-state index contributed by atoms with van der Waals surface area (Å²) in [5.41, 5.74) is 2.35. The summed E-state index contributed by atoms with van der Waals surface area (Å²) < 4.78 is 5.67. The normalized spacial score (nSPS) is 20.5. The highest BCUT2D eigenvalue weighted by Gasteiger charge is 2.29. The SMILES string of the molecule is Cc1cnc(N[C@H]2COC[C@H]2Cc2ccncc2)nc1N(C)C. The second-order valence-electron chi connectivity index (χ2n) is 6.20. The van der Waals surface area contributed by atoms with Gasteiger partial charge < -0.3 is 15.0 Å². The molecule has 3 rings (SSSR count). The maximum absolute atomic E-state index is 5.67. The van der Waals surface area contributed by atoms with Crippen molar-refractivity contribution in [3.63, 3.8) is 0 Å². The molecule has 0 unspecified atom stereocenters. The minimum Gasteiger partial charge on any atom is -0.379 e. The summed E-state index contributed by atoms with van der Waals surface area (Å²) in [6, 6.07) is 4.34. The van der Waals surface area contributed by atoms with E-state index in [1.807, 2.05) is 44.5 Å². The van der Waals surface area contributed by atoms with Crippen molar-refractivity contribution in [1.82, 2.24) is 15.0 Å². The van der Waals surface area contributed by atoms with Crippen LogP contribution in [0.5, 0.6) is 0 Å². The van der Waals surface area contributed by atoms with Crippen molar-refractivity contribution in [3.8, 4) is 0 Å². The Morgan fingerprint density at radius 3 is 2.78 bits per heavy atom. The van der Waals surface area contributed by atoms with Gasteiger partial charge in [0.25, 0.3) is 0 Å². The fraction of sp³-hybridized carbons (Fsp3) is 0.471. The second kappa shape index (κ2) is 6.91. The predicted octanol–water partition coefficient (Wildman–Crippen LogP) is 1.92. The highest BCUT2D eigenvalue weighted by molar-refractivity contribution is 5.47. The number of hydrogen-bond acceptors (Lipinski definition) is 6. The molecule has 0 aliphatic carbocycles. The molecule has 122 valence electrons. The molecule has 1 saturated heterocycles. The lowest BCUT2D eigenvalue weighted by Crippen LogP contribution is -2.30. The van der Waals surface area contributed by atoms with Crippen LogP contribution in [-0.2, 0) is 11.2 Å².